The highest BCUT2D eigenvalue weighted by atomic mass is 35.5. The first-order chi connectivity index (χ1) is 7.79. The third kappa shape index (κ3) is 3.04. The number of hydrogen-bond donors (Lipinski definition) is 1. The summed E-state index contributed by atoms with van der Waals surface area (Å²) in [6.07, 6.45) is 0. The van der Waals surface area contributed by atoms with Crippen LogP contribution in [0.5, 0.6) is 5.75 Å². The van der Waals surface area contributed by atoms with Crippen LogP contribution in [0, 0.1) is 0 Å². The largest absolute Gasteiger partial charge is 0.496 e. The van der Waals surface area contributed by atoms with E-state index in [4.69, 9.17) is 16.3 Å². The molecule has 16 heavy (non-hydrogen) atoms. The monoisotopic (exact) mass is 258 g/mol. The van der Waals surface area contributed by atoms with Crippen LogP contribution >= 0.6 is 23.5 Å². The topological polar surface area (TPSA) is 24.5 Å². The zero-order valence-electron chi connectivity index (χ0n) is 9.20. The maximum atomic E-state index is 5.99. The second-order valence-corrected chi connectivity index (χ2v) is 5.14. The summed E-state index contributed by atoms with van der Waals surface area (Å²) in [5, 5.41) is 4.08. The van der Waals surface area contributed by atoms with Gasteiger partial charge in [0.25, 0.3) is 0 Å². The number of piperazine rings is 1. The number of nitrogens with zero attached hydrogens (tertiary/aromatic N) is 1. The van der Waals surface area contributed by atoms with Gasteiger partial charge in [-0.3, -0.25) is 0 Å². The van der Waals surface area contributed by atoms with Crippen molar-refractivity contribution in [3.05, 3.63) is 23.2 Å². The van der Waals surface area contributed by atoms with Crippen molar-refractivity contribution in [2.75, 3.05) is 33.3 Å². The highest BCUT2D eigenvalue weighted by Crippen LogP contribution is 2.33. The van der Waals surface area contributed by atoms with Gasteiger partial charge in [0.2, 0.25) is 0 Å². The van der Waals surface area contributed by atoms with Crippen LogP contribution in [0.4, 0.5) is 0 Å². The fraction of sp³-hybridized carbons (Fsp3) is 0.455. The van der Waals surface area contributed by atoms with E-state index in [0.29, 0.717) is 0 Å². The minimum absolute atomic E-state index is 0.749. The average molecular weight is 259 g/mol. The van der Waals surface area contributed by atoms with Crippen molar-refractivity contribution in [1.29, 1.82) is 0 Å². The summed E-state index contributed by atoms with van der Waals surface area (Å²) < 4.78 is 7.64. The van der Waals surface area contributed by atoms with Crippen LogP contribution in [0.15, 0.2) is 23.1 Å². The molecule has 0 unspecified atom stereocenters. The van der Waals surface area contributed by atoms with Gasteiger partial charge in [0.1, 0.15) is 5.75 Å². The Kier molecular flexibility index (Phi) is 4.35. The lowest BCUT2D eigenvalue weighted by atomic mass is 10.3. The molecule has 1 saturated heterocycles. The molecule has 1 aromatic carbocycles. The standard InChI is InChI=1S/C11H15ClN2OS/c1-15-10-3-2-9(12)8-11(10)16-14-6-4-13-5-7-14/h2-3,8,13H,4-7H2,1H3. The van der Waals surface area contributed by atoms with Crippen LogP contribution in [0.25, 0.3) is 0 Å². The van der Waals surface area contributed by atoms with Gasteiger partial charge in [-0.1, -0.05) is 11.6 Å². The quantitative estimate of drug-likeness (QED) is 0.841. The Morgan fingerprint density at radius 1 is 1.38 bits per heavy atom. The molecule has 5 heteroatoms. The lowest BCUT2D eigenvalue weighted by molar-refractivity contribution is 0.389. The highest BCUT2D eigenvalue weighted by Gasteiger charge is 2.13. The molecule has 2 rings (SSSR count). The number of hydrogen-bond acceptors (Lipinski definition) is 4. The average Bonchev–Trinajstić information content (AvgIpc) is 2.31. The summed E-state index contributed by atoms with van der Waals surface area (Å²) >= 11 is 7.71. The van der Waals surface area contributed by atoms with Crippen LogP contribution in [-0.2, 0) is 0 Å². The molecule has 0 radical (unpaired) electrons. The van der Waals surface area contributed by atoms with Crippen LogP contribution in [0.1, 0.15) is 0 Å². The van der Waals surface area contributed by atoms with Gasteiger partial charge in [0.05, 0.1) is 12.0 Å². The van der Waals surface area contributed by atoms with Crippen molar-refractivity contribution in [1.82, 2.24) is 9.62 Å². The van der Waals surface area contributed by atoms with Gasteiger partial charge in [-0.25, -0.2) is 4.31 Å². The van der Waals surface area contributed by atoms with E-state index in [1.807, 2.05) is 18.2 Å². The molecule has 0 atom stereocenters. The summed E-state index contributed by atoms with van der Waals surface area (Å²) in [5.41, 5.74) is 0. The summed E-state index contributed by atoms with van der Waals surface area (Å²) in [5.74, 6) is 0.882. The van der Waals surface area contributed by atoms with E-state index in [1.54, 1.807) is 19.1 Å². The maximum Gasteiger partial charge on any atom is 0.133 e. The van der Waals surface area contributed by atoms with Crippen molar-refractivity contribution in [3.63, 3.8) is 0 Å². The lowest BCUT2D eigenvalue weighted by Crippen LogP contribution is -2.39. The van der Waals surface area contributed by atoms with Crippen LogP contribution in [0.2, 0.25) is 5.02 Å². The van der Waals surface area contributed by atoms with Crippen molar-refractivity contribution in [3.8, 4) is 5.75 Å². The van der Waals surface area contributed by atoms with Gasteiger partial charge in [0.15, 0.2) is 0 Å². The van der Waals surface area contributed by atoms with E-state index in [9.17, 15) is 0 Å². The predicted molar refractivity (Wildman–Crippen MR) is 68.3 cm³/mol. The van der Waals surface area contributed by atoms with Gasteiger partial charge in [-0.2, -0.15) is 0 Å². The van der Waals surface area contributed by atoms with E-state index in [-0.39, 0.29) is 0 Å². The number of halogens is 1. The van der Waals surface area contributed by atoms with E-state index in [0.717, 1.165) is 41.8 Å². The van der Waals surface area contributed by atoms with Gasteiger partial charge in [-0.05, 0) is 30.1 Å². The first kappa shape index (κ1) is 12.0. The Hall–Kier alpha value is -0.420. The number of nitrogens with one attached hydrogen (secondary N) is 1. The molecule has 1 N–H and O–H groups in total. The molecule has 0 aliphatic carbocycles. The molecule has 0 aromatic heterocycles. The Bertz CT molecular complexity index is 356. The molecule has 1 aliphatic rings. The molecule has 0 bridgehead atoms. The normalized spacial score (nSPS) is 17.4. The molecule has 88 valence electrons. The second kappa shape index (κ2) is 5.77. The second-order valence-electron chi connectivity index (χ2n) is 3.57. The number of rotatable bonds is 3. The third-order valence-electron chi connectivity index (χ3n) is 2.43. The Morgan fingerprint density at radius 2 is 2.12 bits per heavy atom. The lowest BCUT2D eigenvalue weighted by Gasteiger charge is -2.26. The Labute approximate surface area is 105 Å². The SMILES string of the molecule is COc1ccc(Cl)cc1SN1CCNCC1. The minimum Gasteiger partial charge on any atom is -0.496 e. The number of benzene rings is 1. The summed E-state index contributed by atoms with van der Waals surface area (Å²) in [4.78, 5) is 1.08. The molecular formula is C11H15ClN2OS. The predicted octanol–water partition coefficient (Wildman–Crippen LogP) is 2.26. The van der Waals surface area contributed by atoms with Crippen LogP contribution in [0.3, 0.4) is 0 Å². The Morgan fingerprint density at radius 3 is 2.81 bits per heavy atom. The smallest absolute Gasteiger partial charge is 0.133 e. The Balaban J connectivity index is 2.09. The van der Waals surface area contributed by atoms with Crippen LogP contribution in [-0.4, -0.2) is 37.6 Å². The first-order valence-corrected chi connectivity index (χ1v) is 6.42. The number of ether oxygens (including phenoxy) is 1. The summed E-state index contributed by atoms with van der Waals surface area (Å²) in [6, 6.07) is 5.71. The molecular weight excluding hydrogens is 244 g/mol. The molecule has 1 heterocycles. The molecule has 1 aliphatic heterocycles. The highest BCUT2D eigenvalue weighted by molar-refractivity contribution is 7.97. The minimum atomic E-state index is 0.749. The van der Waals surface area contributed by atoms with Gasteiger partial charge >= 0.3 is 0 Å². The van der Waals surface area contributed by atoms with Crippen molar-refractivity contribution < 1.29 is 4.74 Å². The summed E-state index contributed by atoms with van der Waals surface area (Å²) in [7, 11) is 1.69. The first-order valence-electron chi connectivity index (χ1n) is 5.27. The fourth-order valence-electron chi connectivity index (χ4n) is 1.60. The zero-order chi connectivity index (χ0) is 11.4. The van der Waals surface area contributed by atoms with Crippen molar-refractivity contribution in [2.45, 2.75) is 4.90 Å². The van der Waals surface area contributed by atoms with Crippen molar-refractivity contribution in [2.24, 2.45) is 0 Å². The molecule has 1 fully saturated rings. The van der Waals surface area contributed by atoms with Gasteiger partial charge in [-0.15, -0.1) is 0 Å². The zero-order valence-corrected chi connectivity index (χ0v) is 10.8. The molecule has 3 nitrogen and oxygen atoms in total. The van der Waals surface area contributed by atoms with Crippen LogP contribution < -0.4 is 10.1 Å². The maximum absolute atomic E-state index is 5.99. The molecule has 0 spiro atoms. The van der Waals surface area contributed by atoms with Gasteiger partial charge in [0, 0.05) is 31.2 Å². The molecule has 0 amide bonds. The third-order valence-corrected chi connectivity index (χ3v) is 3.80. The van der Waals surface area contributed by atoms with E-state index in [2.05, 4.69) is 9.62 Å². The summed E-state index contributed by atoms with van der Waals surface area (Å²) in [6.45, 7) is 4.16. The fourth-order valence-corrected chi connectivity index (χ4v) is 2.90. The van der Waals surface area contributed by atoms with E-state index >= 15 is 0 Å². The molecule has 1 aromatic rings. The van der Waals surface area contributed by atoms with Crippen molar-refractivity contribution >= 4 is 23.5 Å². The number of methoxy groups -OCH3 is 1. The van der Waals surface area contributed by atoms with Gasteiger partial charge < -0.3 is 10.1 Å². The van der Waals surface area contributed by atoms with E-state index < -0.39 is 0 Å². The molecule has 0 saturated carbocycles. The van der Waals surface area contributed by atoms with E-state index in [1.165, 1.54) is 0 Å².